The van der Waals surface area contributed by atoms with Crippen molar-refractivity contribution in [2.75, 3.05) is 13.1 Å². The molecule has 0 heterocycles. The fraction of sp³-hybridized carbons (Fsp3) is 0.917. The molecule has 0 radical (unpaired) electrons. The van der Waals surface area contributed by atoms with Gasteiger partial charge in [0.15, 0.2) is 0 Å². The maximum Gasteiger partial charge on any atom is 0.223 e. The minimum Gasteiger partial charge on any atom is -0.356 e. The Morgan fingerprint density at radius 3 is 2.62 bits per heavy atom. The Balaban J connectivity index is 0.00000128. The molecule has 0 bridgehead atoms. The summed E-state index contributed by atoms with van der Waals surface area (Å²) in [7, 11) is 0. The maximum atomic E-state index is 11.9. The van der Waals surface area contributed by atoms with E-state index >= 15 is 0 Å². The largest absolute Gasteiger partial charge is 0.356 e. The SMILES string of the molecule is CC1CC1CNC(=O)[C@@H]1CCC[C@@H]1CN.Cl. The van der Waals surface area contributed by atoms with Gasteiger partial charge in [-0.15, -0.1) is 12.4 Å². The van der Waals surface area contributed by atoms with Gasteiger partial charge in [-0.1, -0.05) is 13.3 Å². The normalized spacial score (nSPS) is 36.6. The Morgan fingerprint density at radius 2 is 2.06 bits per heavy atom. The lowest BCUT2D eigenvalue weighted by molar-refractivity contribution is -0.126. The lowest BCUT2D eigenvalue weighted by atomic mass is 9.95. The first-order valence-electron chi connectivity index (χ1n) is 6.20. The molecule has 4 atom stereocenters. The van der Waals surface area contributed by atoms with Crippen LogP contribution in [0.2, 0.25) is 0 Å². The van der Waals surface area contributed by atoms with Crippen LogP contribution in [-0.2, 0) is 4.79 Å². The molecule has 2 fully saturated rings. The number of halogens is 1. The fourth-order valence-corrected chi connectivity index (χ4v) is 2.71. The van der Waals surface area contributed by atoms with Crippen LogP contribution in [0.1, 0.15) is 32.6 Å². The van der Waals surface area contributed by atoms with E-state index in [2.05, 4.69) is 12.2 Å². The van der Waals surface area contributed by atoms with Crippen LogP contribution in [-0.4, -0.2) is 19.0 Å². The second-order valence-electron chi connectivity index (χ2n) is 5.25. The summed E-state index contributed by atoms with van der Waals surface area (Å²) in [5.41, 5.74) is 5.67. The topological polar surface area (TPSA) is 55.1 Å². The number of nitrogens with two attached hydrogens (primary N) is 1. The highest BCUT2D eigenvalue weighted by Crippen LogP contribution is 2.37. The highest BCUT2D eigenvalue weighted by atomic mass is 35.5. The molecular weight excluding hydrogens is 224 g/mol. The fourth-order valence-electron chi connectivity index (χ4n) is 2.71. The minimum atomic E-state index is 0. The standard InChI is InChI=1S/C12H22N2O.ClH/c1-8-5-10(8)7-14-12(15)11-4-2-3-9(11)6-13;/h8-11H,2-7,13H2,1H3,(H,14,15);1H/t8?,9-,10?,11-;/m1./s1. The number of hydrogen-bond acceptors (Lipinski definition) is 2. The Kier molecular flexibility index (Phi) is 5.06. The van der Waals surface area contributed by atoms with Crippen LogP contribution in [0.25, 0.3) is 0 Å². The molecule has 0 aromatic rings. The van der Waals surface area contributed by atoms with E-state index in [-0.39, 0.29) is 24.2 Å². The van der Waals surface area contributed by atoms with Gasteiger partial charge in [-0.05, 0) is 43.6 Å². The molecule has 2 saturated carbocycles. The molecular formula is C12H23ClN2O. The second kappa shape index (κ2) is 5.87. The Morgan fingerprint density at radius 1 is 1.38 bits per heavy atom. The average Bonchev–Trinajstić information content (AvgIpc) is 2.78. The summed E-state index contributed by atoms with van der Waals surface area (Å²) in [5, 5.41) is 3.09. The Labute approximate surface area is 104 Å². The molecule has 0 aromatic heterocycles. The zero-order chi connectivity index (χ0) is 10.8. The van der Waals surface area contributed by atoms with E-state index in [1.54, 1.807) is 0 Å². The smallest absolute Gasteiger partial charge is 0.223 e. The average molecular weight is 247 g/mol. The van der Waals surface area contributed by atoms with E-state index < -0.39 is 0 Å². The van der Waals surface area contributed by atoms with Crippen molar-refractivity contribution in [1.29, 1.82) is 0 Å². The predicted octanol–water partition coefficient (Wildman–Crippen LogP) is 1.56. The molecule has 1 amide bonds. The molecule has 0 spiro atoms. The van der Waals surface area contributed by atoms with Crippen molar-refractivity contribution in [3.8, 4) is 0 Å². The molecule has 0 saturated heterocycles. The monoisotopic (exact) mass is 246 g/mol. The summed E-state index contributed by atoms with van der Waals surface area (Å²) < 4.78 is 0. The van der Waals surface area contributed by atoms with Crippen molar-refractivity contribution in [3.05, 3.63) is 0 Å². The van der Waals surface area contributed by atoms with Crippen LogP contribution in [0, 0.1) is 23.7 Å². The first kappa shape index (κ1) is 13.8. The second-order valence-corrected chi connectivity index (χ2v) is 5.25. The van der Waals surface area contributed by atoms with Crippen molar-refractivity contribution < 1.29 is 4.79 Å². The van der Waals surface area contributed by atoms with Gasteiger partial charge in [0, 0.05) is 12.5 Å². The number of nitrogens with one attached hydrogen (secondary N) is 1. The molecule has 2 rings (SSSR count). The minimum absolute atomic E-state index is 0. The summed E-state index contributed by atoms with van der Waals surface area (Å²) in [6, 6.07) is 0. The zero-order valence-electron chi connectivity index (χ0n) is 9.95. The van der Waals surface area contributed by atoms with Crippen molar-refractivity contribution >= 4 is 18.3 Å². The summed E-state index contributed by atoms with van der Waals surface area (Å²) in [6.45, 7) is 3.79. The van der Waals surface area contributed by atoms with Crippen molar-refractivity contribution in [2.45, 2.75) is 32.6 Å². The lowest BCUT2D eigenvalue weighted by Gasteiger charge is -2.17. The molecule has 4 heteroatoms. The predicted molar refractivity (Wildman–Crippen MR) is 67.4 cm³/mol. The van der Waals surface area contributed by atoms with Crippen LogP contribution in [0.3, 0.4) is 0 Å². The van der Waals surface area contributed by atoms with E-state index in [1.807, 2.05) is 0 Å². The lowest BCUT2D eigenvalue weighted by Crippen LogP contribution is -2.36. The number of carbonyl (C=O) groups excluding carboxylic acids is 1. The van der Waals surface area contributed by atoms with E-state index in [1.165, 1.54) is 12.8 Å². The van der Waals surface area contributed by atoms with E-state index in [4.69, 9.17) is 5.73 Å². The molecule has 3 N–H and O–H groups in total. The molecule has 2 aliphatic rings. The third-order valence-corrected chi connectivity index (χ3v) is 4.11. The maximum absolute atomic E-state index is 11.9. The number of rotatable bonds is 4. The molecule has 2 unspecified atom stereocenters. The molecule has 16 heavy (non-hydrogen) atoms. The first-order chi connectivity index (χ1) is 7.22. The zero-order valence-corrected chi connectivity index (χ0v) is 10.8. The summed E-state index contributed by atoms with van der Waals surface area (Å²) in [5.74, 6) is 2.44. The number of carbonyl (C=O) groups is 1. The molecule has 2 aliphatic carbocycles. The van der Waals surface area contributed by atoms with Crippen LogP contribution >= 0.6 is 12.4 Å². The number of hydrogen-bond donors (Lipinski definition) is 2. The van der Waals surface area contributed by atoms with E-state index in [0.29, 0.717) is 12.5 Å². The van der Waals surface area contributed by atoms with Gasteiger partial charge < -0.3 is 11.1 Å². The number of amides is 1. The summed E-state index contributed by atoms with van der Waals surface area (Å²) >= 11 is 0. The molecule has 3 nitrogen and oxygen atoms in total. The highest BCUT2D eigenvalue weighted by molar-refractivity contribution is 5.85. The summed E-state index contributed by atoms with van der Waals surface area (Å²) in [4.78, 5) is 11.9. The molecule has 0 aromatic carbocycles. The van der Waals surface area contributed by atoms with Gasteiger partial charge >= 0.3 is 0 Å². The quantitative estimate of drug-likeness (QED) is 0.791. The Hall–Kier alpha value is -0.280. The highest BCUT2D eigenvalue weighted by Gasteiger charge is 2.35. The Bertz CT molecular complexity index is 247. The van der Waals surface area contributed by atoms with E-state index in [9.17, 15) is 4.79 Å². The van der Waals surface area contributed by atoms with Crippen molar-refractivity contribution in [1.82, 2.24) is 5.32 Å². The van der Waals surface area contributed by atoms with Crippen LogP contribution in [0.5, 0.6) is 0 Å². The van der Waals surface area contributed by atoms with Gasteiger partial charge in [-0.25, -0.2) is 0 Å². The molecule has 0 aliphatic heterocycles. The van der Waals surface area contributed by atoms with Gasteiger partial charge in [0.2, 0.25) is 5.91 Å². The van der Waals surface area contributed by atoms with Crippen LogP contribution in [0.4, 0.5) is 0 Å². The van der Waals surface area contributed by atoms with E-state index in [0.717, 1.165) is 31.2 Å². The van der Waals surface area contributed by atoms with Gasteiger partial charge in [0.05, 0.1) is 0 Å². The molecule has 94 valence electrons. The van der Waals surface area contributed by atoms with Crippen LogP contribution < -0.4 is 11.1 Å². The van der Waals surface area contributed by atoms with Gasteiger partial charge in [0.25, 0.3) is 0 Å². The van der Waals surface area contributed by atoms with Crippen LogP contribution in [0.15, 0.2) is 0 Å². The van der Waals surface area contributed by atoms with Gasteiger partial charge in [-0.3, -0.25) is 4.79 Å². The summed E-state index contributed by atoms with van der Waals surface area (Å²) in [6.07, 6.45) is 4.62. The van der Waals surface area contributed by atoms with Crippen molar-refractivity contribution in [2.24, 2.45) is 29.4 Å². The third kappa shape index (κ3) is 3.11. The van der Waals surface area contributed by atoms with Gasteiger partial charge in [-0.2, -0.15) is 0 Å². The first-order valence-corrected chi connectivity index (χ1v) is 6.20. The third-order valence-electron chi connectivity index (χ3n) is 4.11. The van der Waals surface area contributed by atoms with Crippen molar-refractivity contribution in [3.63, 3.8) is 0 Å². The van der Waals surface area contributed by atoms with Gasteiger partial charge in [0.1, 0.15) is 0 Å².